The summed E-state index contributed by atoms with van der Waals surface area (Å²) < 4.78 is 11.2. The van der Waals surface area contributed by atoms with E-state index in [1.54, 1.807) is 11.8 Å². The van der Waals surface area contributed by atoms with E-state index in [1.165, 1.54) is 0 Å². The van der Waals surface area contributed by atoms with Crippen molar-refractivity contribution in [3.63, 3.8) is 0 Å². The second-order valence-corrected chi connectivity index (χ2v) is 5.89. The van der Waals surface area contributed by atoms with Gasteiger partial charge in [-0.2, -0.15) is 0 Å². The van der Waals surface area contributed by atoms with Gasteiger partial charge in [0.2, 0.25) is 0 Å². The molecular weight excluding hydrogens is 274 g/mol. The molecule has 0 radical (unpaired) electrons. The zero-order chi connectivity index (χ0) is 15.2. The van der Waals surface area contributed by atoms with Gasteiger partial charge in [0.05, 0.1) is 19.1 Å². The fourth-order valence-electron chi connectivity index (χ4n) is 3.03. The number of carbonyl (C=O) groups excluding carboxylic acids is 1. The molecule has 0 saturated carbocycles. The van der Waals surface area contributed by atoms with Crippen LogP contribution >= 0.6 is 0 Å². The summed E-state index contributed by atoms with van der Waals surface area (Å²) in [5.74, 6) is -0.960. The highest BCUT2D eigenvalue weighted by Crippen LogP contribution is 2.22. The molecule has 0 aromatic carbocycles. The van der Waals surface area contributed by atoms with Crippen molar-refractivity contribution in [1.82, 2.24) is 4.90 Å². The maximum Gasteiger partial charge on any atom is 0.305 e. The molecule has 2 saturated heterocycles. The fraction of sp³-hybridized carbons (Fsp3) is 0.867. The second kappa shape index (κ2) is 7.75. The monoisotopic (exact) mass is 299 g/mol. The molecule has 3 atom stereocenters. The van der Waals surface area contributed by atoms with Gasteiger partial charge in [0.25, 0.3) is 5.91 Å². The number of carboxylic acid groups (broad SMARTS) is 1. The lowest BCUT2D eigenvalue weighted by Crippen LogP contribution is -2.43. The van der Waals surface area contributed by atoms with Gasteiger partial charge < -0.3 is 19.5 Å². The minimum absolute atomic E-state index is 0.0181. The number of amides is 1. The van der Waals surface area contributed by atoms with Crippen LogP contribution in [0, 0.1) is 0 Å². The van der Waals surface area contributed by atoms with Gasteiger partial charge in [-0.15, -0.1) is 0 Å². The van der Waals surface area contributed by atoms with Gasteiger partial charge in [-0.25, -0.2) is 0 Å². The molecule has 0 bridgehead atoms. The third-order valence-electron chi connectivity index (χ3n) is 4.22. The molecule has 2 heterocycles. The Morgan fingerprint density at radius 1 is 1.33 bits per heavy atom. The first-order valence-corrected chi connectivity index (χ1v) is 7.83. The Balaban J connectivity index is 1.79. The lowest BCUT2D eigenvalue weighted by molar-refractivity contribution is -0.148. The minimum atomic E-state index is -0.858. The number of nitrogens with zero attached hydrogens (tertiary/aromatic N) is 1. The van der Waals surface area contributed by atoms with Gasteiger partial charge in [0.1, 0.15) is 6.10 Å². The van der Waals surface area contributed by atoms with Gasteiger partial charge in [-0.05, 0) is 39.0 Å². The number of hydrogen-bond donors (Lipinski definition) is 1. The number of carbonyl (C=O) groups is 2. The Hall–Kier alpha value is -1.14. The average Bonchev–Trinajstić information content (AvgIpc) is 2.92. The van der Waals surface area contributed by atoms with E-state index < -0.39 is 12.1 Å². The van der Waals surface area contributed by atoms with E-state index in [0.29, 0.717) is 13.2 Å². The first-order chi connectivity index (χ1) is 10.1. The number of carboxylic acids is 1. The van der Waals surface area contributed by atoms with Crippen LogP contribution < -0.4 is 0 Å². The molecule has 2 aliphatic rings. The quantitative estimate of drug-likeness (QED) is 0.803. The van der Waals surface area contributed by atoms with E-state index in [2.05, 4.69) is 0 Å². The highest BCUT2D eigenvalue weighted by molar-refractivity contribution is 5.81. The summed E-state index contributed by atoms with van der Waals surface area (Å²) >= 11 is 0. The van der Waals surface area contributed by atoms with Crippen molar-refractivity contribution in [3.05, 3.63) is 0 Å². The van der Waals surface area contributed by atoms with Crippen LogP contribution in [-0.4, -0.2) is 59.9 Å². The molecule has 0 aromatic rings. The molecular formula is C15H25NO5. The van der Waals surface area contributed by atoms with E-state index in [4.69, 9.17) is 14.6 Å². The van der Waals surface area contributed by atoms with E-state index >= 15 is 0 Å². The van der Waals surface area contributed by atoms with Crippen molar-refractivity contribution in [1.29, 1.82) is 0 Å². The summed E-state index contributed by atoms with van der Waals surface area (Å²) in [6, 6.07) is -0.188. The predicted molar refractivity (Wildman–Crippen MR) is 76.0 cm³/mol. The normalized spacial score (nSPS) is 27.6. The SMILES string of the molecule is CC(OCC1CCCCO1)C(=O)N1CCCC1CC(=O)O. The Morgan fingerprint density at radius 3 is 2.81 bits per heavy atom. The molecule has 1 amide bonds. The fourth-order valence-corrected chi connectivity index (χ4v) is 3.03. The van der Waals surface area contributed by atoms with E-state index in [0.717, 1.165) is 38.7 Å². The van der Waals surface area contributed by atoms with Gasteiger partial charge in [0.15, 0.2) is 0 Å². The third-order valence-corrected chi connectivity index (χ3v) is 4.22. The molecule has 0 aromatic heterocycles. The van der Waals surface area contributed by atoms with Gasteiger partial charge in [0, 0.05) is 19.2 Å². The van der Waals surface area contributed by atoms with E-state index in [9.17, 15) is 9.59 Å². The lowest BCUT2D eigenvalue weighted by atomic mass is 10.1. The van der Waals surface area contributed by atoms with E-state index in [-0.39, 0.29) is 24.5 Å². The van der Waals surface area contributed by atoms with Crippen LogP contribution in [-0.2, 0) is 19.1 Å². The van der Waals surface area contributed by atoms with Crippen molar-refractivity contribution in [2.45, 2.75) is 63.7 Å². The van der Waals surface area contributed by atoms with Crippen LogP contribution in [0.1, 0.15) is 45.4 Å². The molecule has 2 fully saturated rings. The van der Waals surface area contributed by atoms with Crippen LogP contribution in [0.5, 0.6) is 0 Å². The highest BCUT2D eigenvalue weighted by atomic mass is 16.5. The molecule has 3 unspecified atom stereocenters. The second-order valence-electron chi connectivity index (χ2n) is 5.89. The van der Waals surface area contributed by atoms with Crippen molar-refractivity contribution in [2.24, 2.45) is 0 Å². The van der Waals surface area contributed by atoms with Crippen molar-refractivity contribution >= 4 is 11.9 Å². The Kier molecular flexibility index (Phi) is 5.99. The summed E-state index contributed by atoms with van der Waals surface area (Å²) in [6.45, 7) is 3.57. The maximum absolute atomic E-state index is 12.4. The molecule has 2 rings (SSSR count). The topological polar surface area (TPSA) is 76.1 Å². The first kappa shape index (κ1) is 16.2. The third kappa shape index (κ3) is 4.68. The van der Waals surface area contributed by atoms with Crippen LogP contribution in [0.2, 0.25) is 0 Å². The number of likely N-dealkylation sites (tertiary alicyclic amines) is 1. The molecule has 0 aliphatic carbocycles. The summed E-state index contributed by atoms with van der Waals surface area (Å²) in [4.78, 5) is 24.9. The number of aliphatic carboxylic acids is 1. The predicted octanol–water partition coefficient (Wildman–Crippen LogP) is 1.43. The zero-order valence-corrected chi connectivity index (χ0v) is 12.6. The first-order valence-electron chi connectivity index (χ1n) is 7.83. The van der Waals surface area contributed by atoms with Crippen molar-refractivity contribution < 1.29 is 24.2 Å². The molecule has 6 nitrogen and oxygen atoms in total. The summed E-state index contributed by atoms with van der Waals surface area (Å²) in [7, 11) is 0. The Bertz CT molecular complexity index is 367. The summed E-state index contributed by atoms with van der Waals surface area (Å²) in [5.41, 5.74) is 0. The van der Waals surface area contributed by atoms with Crippen LogP contribution in [0.15, 0.2) is 0 Å². The molecule has 2 aliphatic heterocycles. The highest BCUT2D eigenvalue weighted by Gasteiger charge is 2.33. The molecule has 21 heavy (non-hydrogen) atoms. The van der Waals surface area contributed by atoms with Gasteiger partial charge in [-0.3, -0.25) is 9.59 Å². The molecule has 0 spiro atoms. The molecule has 6 heteroatoms. The summed E-state index contributed by atoms with van der Waals surface area (Å²) in [6.07, 6.45) is 4.40. The lowest BCUT2D eigenvalue weighted by Gasteiger charge is -2.28. The standard InChI is InChI=1S/C15H25NO5/c1-11(21-10-13-6-2-3-8-20-13)15(19)16-7-4-5-12(16)9-14(17)18/h11-13H,2-10H2,1H3,(H,17,18). The number of hydrogen-bond acceptors (Lipinski definition) is 4. The van der Waals surface area contributed by atoms with Gasteiger partial charge >= 0.3 is 5.97 Å². The minimum Gasteiger partial charge on any atom is -0.481 e. The smallest absolute Gasteiger partial charge is 0.305 e. The van der Waals surface area contributed by atoms with Crippen LogP contribution in [0.25, 0.3) is 0 Å². The number of rotatable bonds is 6. The Labute approximate surface area is 125 Å². The average molecular weight is 299 g/mol. The maximum atomic E-state index is 12.4. The zero-order valence-electron chi connectivity index (χ0n) is 12.6. The molecule has 120 valence electrons. The van der Waals surface area contributed by atoms with Gasteiger partial charge in [-0.1, -0.05) is 0 Å². The molecule has 1 N–H and O–H groups in total. The van der Waals surface area contributed by atoms with Crippen molar-refractivity contribution in [3.8, 4) is 0 Å². The largest absolute Gasteiger partial charge is 0.481 e. The summed E-state index contributed by atoms with van der Waals surface area (Å²) in [5, 5.41) is 8.90. The van der Waals surface area contributed by atoms with E-state index in [1.807, 2.05) is 0 Å². The van der Waals surface area contributed by atoms with Crippen LogP contribution in [0.4, 0.5) is 0 Å². The number of ether oxygens (including phenoxy) is 2. The Morgan fingerprint density at radius 2 is 2.14 bits per heavy atom. The van der Waals surface area contributed by atoms with Crippen LogP contribution in [0.3, 0.4) is 0 Å². The van der Waals surface area contributed by atoms with Crippen molar-refractivity contribution in [2.75, 3.05) is 19.8 Å².